The summed E-state index contributed by atoms with van der Waals surface area (Å²) in [6.45, 7) is 0. The molecule has 2 N–H and O–H groups in total. The number of benzene rings is 2. The Labute approximate surface area is 204 Å². The number of hydrogen-bond acceptors (Lipinski definition) is 7. The highest BCUT2D eigenvalue weighted by Gasteiger charge is 2.23. The van der Waals surface area contributed by atoms with Crippen molar-refractivity contribution in [2.75, 3.05) is 5.32 Å². The van der Waals surface area contributed by atoms with E-state index in [1.165, 1.54) is 53.9 Å². The highest BCUT2D eigenvalue weighted by molar-refractivity contribution is 7.16. The summed E-state index contributed by atoms with van der Waals surface area (Å²) in [7, 11) is 0. The van der Waals surface area contributed by atoms with Crippen LogP contribution in [0.15, 0.2) is 53.6 Å². The van der Waals surface area contributed by atoms with Crippen molar-refractivity contribution in [2.45, 2.75) is 25.7 Å². The summed E-state index contributed by atoms with van der Waals surface area (Å²) in [4.78, 5) is 37.5. The van der Waals surface area contributed by atoms with Crippen LogP contribution >= 0.6 is 11.3 Å². The molecule has 0 spiro atoms. The van der Waals surface area contributed by atoms with Crippen molar-refractivity contribution in [1.82, 2.24) is 5.43 Å². The van der Waals surface area contributed by atoms with E-state index in [1.54, 1.807) is 12.1 Å². The third kappa shape index (κ3) is 5.59. The second-order valence-corrected chi connectivity index (χ2v) is 8.72. The van der Waals surface area contributed by atoms with E-state index in [1.807, 2.05) is 0 Å². The molecule has 0 saturated heterocycles. The first-order valence-electron chi connectivity index (χ1n) is 10.7. The summed E-state index contributed by atoms with van der Waals surface area (Å²) in [5.41, 5.74) is 3.89. The van der Waals surface area contributed by atoms with Gasteiger partial charge in [0.2, 0.25) is 0 Å². The molecule has 3 aromatic rings. The molecule has 1 aliphatic rings. The minimum atomic E-state index is -0.980. The lowest BCUT2D eigenvalue weighted by atomic mass is 9.96. The Kier molecular flexibility index (Phi) is 7.28. The maximum atomic E-state index is 13.7. The summed E-state index contributed by atoms with van der Waals surface area (Å²) in [6, 6.07) is 13.7. The number of hydrazone groups is 1. The Morgan fingerprint density at radius 1 is 1.06 bits per heavy atom. The number of anilines is 1. The van der Waals surface area contributed by atoms with Crippen LogP contribution in [0.3, 0.4) is 0 Å². The number of nitriles is 1. The van der Waals surface area contributed by atoms with Gasteiger partial charge >= 0.3 is 17.8 Å². The predicted octanol–water partition coefficient (Wildman–Crippen LogP) is 3.95. The second kappa shape index (κ2) is 10.7. The first-order valence-corrected chi connectivity index (χ1v) is 11.5. The molecule has 1 aromatic heterocycles. The SMILES string of the molecule is N#Cc1c(NC(=O)C(=O)N/N=C\c2ccc(OC(=O)c3ccccc3F)cc2)sc2c1CCCC2. The van der Waals surface area contributed by atoms with Crippen LogP contribution in [0.4, 0.5) is 9.39 Å². The van der Waals surface area contributed by atoms with E-state index in [9.17, 15) is 24.0 Å². The van der Waals surface area contributed by atoms with Gasteiger partial charge < -0.3 is 10.1 Å². The number of nitrogens with zero attached hydrogens (tertiary/aromatic N) is 2. The normalized spacial score (nSPS) is 12.5. The zero-order valence-corrected chi connectivity index (χ0v) is 19.2. The molecule has 2 aromatic carbocycles. The van der Waals surface area contributed by atoms with Crippen molar-refractivity contribution >= 4 is 40.3 Å². The molecule has 0 unspecified atom stereocenters. The Hall–Kier alpha value is -4.36. The van der Waals surface area contributed by atoms with E-state index < -0.39 is 23.6 Å². The van der Waals surface area contributed by atoms with E-state index in [2.05, 4.69) is 21.9 Å². The minimum Gasteiger partial charge on any atom is -0.423 e. The Balaban J connectivity index is 1.31. The summed E-state index contributed by atoms with van der Waals surface area (Å²) >= 11 is 1.33. The lowest BCUT2D eigenvalue weighted by Gasteiger charge is -2.09. The second-order valence-electron chi connectivity index (χ2n) is 7.62. The quantitative estimate of drug-likeness (QED) is 0.184. The van der Waals surface area contributed by atoms with Crippen molar-refractivity contribution in [3.8, 4) is 11.8 Å². The fourth-order valence-electron chi connectivity index (χ4n) is 3.56. The van der Waals surface area contributed by atoms with Gasteiger partial charge in [0.1, 0.15) is 22.6 Å². The Bertz CT molecular complexity index is 1360. The lowest BCUT2D eigenvalue weighted by Crippen LogP contribution is -2.32. The van der Waals surface area contributed by atoms with Crippen molar-refractivity contribution in [3.05, 3.63) is 81.5 Å². The fourth-order valence-corrected chi connectivity index (χ4v) is 4.79. The molecule has 0 radical (unpaired) electrons. The molecule has 0 saturated carbocycles. The molecule has 1 heterocycles. The average molecular weight is 491 g/mol. The first-order chi connectivity index (χ1) is 17.0. The van der Waals surface area contributed by atoms with Crippen LogP contribution < -0.4 is 15.5 Å². The predicted molar refractivity (Wildman–Crippen MR) is 128 cm³/mol. The molecule has 35 heavy (non-hydrogen) atoms. The maximum absolute atomic E-state index is 13.7. The number of halogens is 1. The third-order valence-electron chi connectivity index (χ3n) is 5.28. The average Bonchev–Trinajstić information content (AvgIpc) is 3.22. The fraction of sp³-hybridized carbons (Fsp3) is 0.160. The molecule has 2 amide bonds. The molecule has 8 nitrogen and oxygen atoms in total. The number of nitrogens with one attached hydrogen (secondary N) is 2. The maximum Gasteiger partial charge on any atom is 0.346 e. The van der Waals surface area contributed by atoms with Crippen molar-refractivity contribution in [1.29, 1.82) is 5.26 Å². The van der Waals surface area contributed by atoms with Crippen molar-refractivity contribution in [2.24, 2.45) is 5.10 Å². The number of rotatable bonds is 5. The number of carbonyl (C=O) groups is 3. The van der Waals surface area contributed by atoms with Gasteiger partial charge in [-0.1, -0.05) is 12.1 Å². The number of carbonyl (C=O) groups excluding carboxylic acids is 3. The molecule has 0 atom stereocenters. The number of amides is 2. The van der Waals surface area contributed by atoms with E-state index in [-0.39, 0.29) is 11.3 Å². The van der Waals surface area contributed by atoms with Gasteiger partial charge in [-0.05, 0) is 73.2 Å². The molecular formula is C25H19FN4O4S. The van der Waals surface area contributed by atoms with Crippen LogP contribution in [0.5, 0.6) is 5.75 Å². The number of hydrogen-bond donors (Lipinski definition) is 2. The Morgan fingerprint density at radius 3 is 2.54 bits per heavy atom. The smallest absolute Gasteiger partial charge is 0.346 e. The molecule has 0 bridgehead atoms. The van der Waals surface area contributed by atoms with Gasteiger partial charge in [0.25, 0.3) is 0 Å². The monoisotopic (exact) mass is 490 g/mol. The topological polar surface area (TPSA) is 121 Å². The molecule has 0 aliphatic heterocycles. The van der Waals surface area contributed by atoms with Crippen LogP contribution in [-0.2, 0) is 22.4 Å². The van der Waals surface area contributed by atoms with Crippen LogP contribution in [0.2, 0.25) is 0 Å². The summed E-state index contributed by atoms with van der Waals surface area (Å²) in [5, 5.41) is 16.1. The first kappa shape index (κ1) is 23.8. The van der Waals surface area contributed by atoms with Crippen molar-refractivity contribution < 1.29 is 23.5 Å². The number of aryl methyl sites for hydroxylation is 1. The minimum absolute atomic E-state index is 0.177. The number of esters is 1. The van der Waals surface area contributed by atoms with E-state index in [4.69, 9.17) is 4.74 Å². The van der Waals surface area contributed by atoms with Gasteiger partial charge in [0.15, 0.2) is 0 Å². The lowest BCUT2D eigenvalue weighted by molar-refractivity contribution is -0.136. The van der Waals surface area contributed by atoms with Gasteiger partial charge in [0.05, 0.1) is 17.3 Å². The summed E-state index contributed by atoms with van der Waals surface area (Å²) in [6.07, 6.45) is 4.99. The van der Waals surface area contributed by atoms with Crippen LogP contribution in [-0.4, -0.2) is 24.0 Å². The molecule has 1 aliphatic carbocycles. The number of ether oxygens (including phenoxy) is 1. The van der Waals surface area contributed by atoms with Crippen molar-refractivity contribution in [3.63, 3.8) is 0 Å². The largest absolute Gasteiger partial charge is 0.423 e. The van der Waals surface area contributed by atoms with E-state index >= 15 is 0 Å². The number of fused-ring (bicyclic) bond motifs is 1. The van der Waals surface area contributed by atoms with Crippen LogP contribution in [0.1, 0.15) is 44.8 Å². The third-order valence-corrected chi connectivity index (χ3v) is 6.49. The van der Waals surface area contributed by atoms with Gasteiger partial charge in [0, 0.05) is 4.88 Å². The zero-order valence-electron chi connectivity index (χ0n) is 18.3. The molecule has 10 heteroatoms. The van der Waals surface area contributed by atoms with Gasteiger partial charge in [-0.15, -0.1) is 11.3 Å². The summed E-state index contributed by atoms with van der Waals surface area (Å²) < 4.78 is 18.8. The van der Waals surface area contributed by atoms with Gasteiger partial charge in [-0.3, -0.25) is 9.59 Å². The molecular weight excluding hydrogens is 471 g/mol. The number of thiophene rings is 1. The highest BCUT2D eigenvalue weighted by atomic mass is 32.1. The van der Waals surface area contributed by atoms with Gasteiger partial charge in [-0.2, -0.15) is 10.4 Å². The highest BCUT2D eigenvalue weighted by Crippen LogP contribution is 2.37. The molecule has 0 fully saturated rings. The van der Waals surface area contributed by atoms with Crippen LogP contribution in [0.25, 0.3) is 0 Å². The Morgan fingerprint density at radius 2 is 1.80 bits per heavy atom. The van der Waals surface area contributed by atoms with Gasteiger partial charge in [-0.25, -0.2) is 14.6 Å². The van der Waals surface area contributed by atoms with E-state index in [0.717, 1.165) is 36.1 Å². The molecule has 176 valence electrons. The molecule has 4 rings (SSSR count). The standard InChI is InChI=1S/C25H19FN4O4S/c26-20-7-3-1-6-18(20)25(33)34-16-11-9-15(10-12-16)14-28-30-23(32)22(31)29-24-19(13-27)17-5-2-4-8-21(17)35-24/h1,3,6-7,9-12,14H,2,4-5,8H2,(H,29,31)(H,30,32)/b28-14-. The summed E-state index contributed by atoms with van der Waals surface area (Å²) in [5.74, 6) is -3.21. The van der Waals surface area contributed by atoms with Crippen LogP contribution in [0, 0.1) is 17.1 Å². The van der Waals surface area contributed by atoms with E-state index in [0.29, 0.717) is 16.1 Å². The zero-order chi connectivity index (χ0) is 24.8.